The molecule has 0 bridgehead atoms. The Hall–Kier alpha value is -2.11. The van der Waals surface area contributed by atoms with Gasteiger partial charge in [-0.1, -0.05) is 19.9 Å². The third-order valence-corrected chi connectivity index (χ3v) is 1.51. The summed E-state index contributed by atoms with van der Waals surface area (Å²) < 4.78 is 17.2. The van der Waals surface area contributed by atoms with Gasteiger partial charge >= 0.3 is 5.97 Å². The number of rotatable bonds is 3. The van der Waals surface area contributed by atoms with Crippen LogP contribution in [0.1, 0.15) is 31.3 Å². The second-order valence-corrected chi connectivity index (χ2v) is 2.66. The van der Waals surface area contributed by atoms with E-state index in [1.54, 1.807) is 6.92 Å². The first-order valence-electron chi connectivity index (χ1n) is 5.51. The highest BCUT2D eigenvalue weighted by Crippen LogP contribution is 1.99. The van der Waals surface area contributed by atoms with Gasteiger partial charge in [0.25, 0.3) is 5.91 Å². The number of hydrogen-bond donors (Lipinski definition) is 0. The molecule has 0 aromatic carbocycles. The first-order chi connectivity index (χ1) is 8.63. The van der Waals surface area contributed by atoms with Crippen LogP contribution in [0.15, 0.2) is 23.2 Å². The van der Waals surface area contributed by atoms with Crippen LogP contribution < -0.4 is 0 Å². The molecule has 0 aliphatic heterocycles. The SMILES string of the molecule is CC.CCOC(=O)C=NC(=O)c1cccc(F)n1. The Morgan fingerprint density at radius 3 is 2.67 bits per heavy atom. The van der Waals surface area contributed by atoms with Gasteiger partial charge in [0.2, 0.25) is 5.95 Å². The van der Waals surface area contributed by atoms with Crippen molar-refractivity contribution in [3.05, 3.63) is 29.8 Å². The number of esters is 1. The van der Waals surface area contributed by atoms with E-state index in [4.69, 9.17) is 0 Å². The third-order valence-electron chi connectivity index (χ3n) is 1.51. The summed E-state index contributed by atoms with van der Waals surface area (Å²) in [6.45, 7) is 5.82. The maximum Gasteiger partial charge on any atom is 0.349 e. The van der Waals surface area contributed by atoms with Gasteiger partial charge < -0.3 is 4.74 Å². The molecule has 0 fully saturated rings. The van der Waals surface area contributed by atoms with Crippen molar-refractivity contribution in [2.75, 3.05) is 6.61 Å². The molecular formula is C12H15FN2O3. The van der Waals surface area contributed by atoms with Gasteiger partial charge in [-0.3, -0.25) is 4.79 Å². The summed E-state index contributed by atoms with van der Waals surface area (Å²) in [5.41, 5.74) is -0.166. The fourth-order valence-corrected chi connectivity index (χ4v) is 0.884. The van der Waals surface area contributed by atoms with Gasteiger partial charge in [0, 0.05) is 0 Å². The fraction of sp³-hybridized carbons (Fsp3) is 0.333. The Balaban J connectivity index is 0.00000137. The van der Waals surface area contributed by atoms with Crippen molar-refractivity contribution in [1.29, 1.82) is 0 Å². The smallest absolute Gasteiger partial charge is 0.349 e. The van der Waals surface area contributed by atoms with Gasteiger partial charge in [0.15, 0.2) is 0 Å². The number of amides is 1. The normalized spacial score (nSPS) is 9.56. The van der Waals surface area contributed by atoms with E-state index in [1.165, 1.54) is 12.1 Å². The molecule has 1 heterocycles. The highest BCUT2D eigenvalue weighted by molar-refractivity contribution is 6.26. The first kappa shape index (κ1) is 15.9. The van der Waals surface area contributed by atoms with Gasteiger partial charge in [-0.2, -0.15) is 4.39 Å². The lowest BCUT2D eigenvalue weighted by molar-refractivity contribution is -0.134. The number of hydrogen-bond acceptors (Lipinski definition) is 4. The summed E-state index contributed by atoms with van der Waals surface area (Å²) in [6, 6.07) is 3.73. The van der Waals surface area contributed by atoms with Crippen LogP contribution in [-0.4, -0.2) is 29.7 Å². The van der Waals surface area contributed by atoms with Crippen molar-refractivity contribution in [2.45, 2.75) is 20.8 Å². The van der Waals surface area contributed by atoms with E-state index in [1.807, 2.05) is 13.8 Å². The molecule has 0 radical (unpaired) electrons. The number of halogens is 1. The monoisotopic (exact) mass is 254 g/mol. The lowest BCUT2D eigenvalue weighted by Crippen LogP contribution is -2.08. The van der Waals surface area contributed by atoms with Crippen LogP contribution in [-0.2, 0) is 9.53 Å². The first-order valence-corrected chi connectivity index (χ1v) is 5.51. The minimum Gasteiger partial charge on any atom is -0.462 e. The van der Waals surface area contributed by atoms with Crippen molar-refractivity contribution in [3.8, 4) is 0 Å². The van der Waals surface area contributed by atoms with E-state index in [0.29, 0.717) is 0 Å². The molecule has 1 aromatic heterocycles. The number of carbonyl (C=O) groups excluding carboxylic acids is 2. The van der Waals surface area contributed by atoms with Crippen molar-refractivity contribution in [2.24, 2.45) is 4.99 Å². The van der Waals surface area contributed by atoms with Crippen LogP contribution in [0.2, 0.25) is 0 Å². The van der Waals surface area contributed by atoms with Crippen LogP contribution in [0.3, 0.4) is 0 Å². The summed E-state index contributed by atoms with van der Waals surface area (Å²) in [4.78, 5) is 28.7. The summed E-state index contributed by atoms with van der Waals surface area (Å²) >= 11 is 0. The molecule has 0 spiro atoms. The number of aromatic nitrogens is 1. The van der Waals surface area contributed by atoms with Crippen molar-refractivity contribution in [3.63, 3.8) is 0 Å². The van der Waals surface area contributed by atoms with Gasteiger partial charge in [-0.25, -0.2) is 14.8 Å². The molecular weight excluding hydrogens is 239 g/mol. The highest BCUT2D eigenvalue weighted by atomic mass is 19.1. The maximum absolute atomic E-state index is 12.6. The van der Waals surface area contributed by atoms with Crippen LogP contribution in [0, 0.1) is 5.95 Å². The minimum atomic E-state index is -0.799. The average Bonchev–Trinajstić information content (AvgIpc) is 2.38. The Labute approximate surface area is 105 Å². The predicted molar refractivity (Wildman–Crippen MR) is 65.0 cm³/mol. The lowest BCUT2D eigenvalue weighted by Gasteiger charge is -1.95. The molecule has 6 heteroatoms. The standard InChI is InChI=1S/C10H9FN2O3.C2H6/c1-2-16-9(14)6-12-10(15)7-4-3-5-8(11)13-7;1-2/h3-6H,2H2,1H3;1-2H3. The number of carbonyl (C=O) groups is 2. The van der Waals surface area contributed by atoms with E-state index in [9.17, 15) is 14.0 Å². The van der Waals surface area contributed by atoms with E-state index in [0.717, 1.165) is 12.3 Å². The molecule has 0 unspecified atom stereocenters. The van der Waals surface area contributed by atoms with E-state index < -0.39 is 17.8 Å². The Bertz CT molecular complexity index is 433. The molecule has 18 heavy (non-hydrogen) atoms. The molecule has 5 nitrogen and oxygen atoms in total. The van der Waals surface area contributed by atoms with E-state index in [2.05, 4.69) is 14.7 Å². The van der Waals surface area contributed by atoms with E-state index >= 15 is 0 Å². The van der Waals surface area contributed by atoms with Gasteiger partial charge in [-0.15, -0.1) is 0 Å². The van der Waals surface area contributed by atoms with Gasteiger partial charge in [0.05, 0.1) is 6.61 Å². The molecule has 0 atom stereocenters. The summed E-state index contributed by atoms with van der Waals surface area (Å²) in [5.74, 6) is -2.31. The third kappa shape index (κ3) is 5.83. The molecule has 0 aliphatic carbocycles. The summed E-state index contributed by atoms with van der Waals surface area (Å²) in [7, 11) is 0. The molecule has 1 aromatic rings. The van der Waals surface area contributed by atoms with E-state index in [-0.39, 0.29) is 12.3 Å². The molecule has 0 saturated heterocycles. The fourth-order valence-electron chi connectivity index (χ4n) is 0.884. The summed E-state index contributed by atoms with van der Waals surface area (Å²) in [6.07, 6.45) is 0.735. The number of ether oxygens (including phenoxy) is 1. The van der Waals surface area contributed by atoms with Gasteiger partial charge in [-0.05, 0) is 19.1 Å². The number of nitrogens with zero attached hydrogens (tertiary/aromatic N) is 2. The Morgan fingerprint density at radius 2 is 2.11 bits per heavy atom. The van der Waals surface area contributed by atoms with Crippen LogP contribution in [0.4, 0.5) is 4.39 Å². The predicted octanol–water partition coefficient (Wildman–Crippen LogP) is 2.02. The molecule has 0 saturated carbocycles. The molecule has 0 aliphatic rings. The minimum absolute atomic E-state index is 0.166. The quantitative estimate of drug-likeness (QED) is 0.470. The molecule has 98 valence electrons. The Morgan fingerprint density at radius 1 is 1.44 bits per heavy atom. The van der Waals surface area contributed by atoms with Crippen molar-refractivity contribution < 1.29 is 18.7 Å². The van der Waals surface area contributed by atoms with Crippen molar-refractivity contribution >= 4 is 18.1 Å². The van der Waals surface area contributed by atoms with Crippen molar-refractivity contribution in [1.82, 2.24) is 4.98 Å². The van der Waals surface area contributed by atoms with Crippen LogP contribution in [0.25, 0.3) is 0 Å². The topological polar surface area (TPSA) is 68.6 Å². The number of pyridine rings is 1. The Kier molecular flexibility index (Phi) is 7.92. The van der Waals surface area contributed by atoms with Gasteiger partial charge in [0.1, 0.15) is 11.9 Å². The zero-order chi connectivity index (χ0) is 14.0. The largest absolute Gasteiger partial charge is 0.462 e. The second kappa shape index (κ2) is 8.98. The zero-order valence-electron chi connectivity index (χ0n) is 10.5. The average molecular weight is 254 g/mol. The molecule has 0 N–H and O–H groups in total. The molecule has 1 amide bonds. The molecule has 1 rings (SSSR count). The highest BCUT2D eigenvalue weighted by Gasteiger charge is 2.06. The zero-order valence-corrected chi connectivity index (χ0v) is 10.5. The lowest BCUT2D eigenvalue weighted by atomic mass is 10.3. The van der Waals surface area contributed by atoms with Crippen LogP contribution >= 0.6 is 0 Å². The summed E-state index contributed by atoms with van der Waals surface area (Å²) in [5, 5.41) is 0. The second-order valence-electron chi connectivity index (χ2n) is 2.66. The van der Waals surface area contributed by atoms with Crippen LogP contribution in [0.5, 0.6) is 0 Å². The maximum atomic E-state index is 12.6. The number of aliphatic imine (C=N–C) groups is 1.